The van der Waals surface area contributed by atoms with Gasteiger partial charge in [0.1, 0.15) is 17.2 Å². The predicted molar refractivity (Wildman–Crippen MR) is 163 cm³/mol. The molecule has 0 radical (unpaired) electrons. The lowest BCUT2D eigenvalue weighted by Gasteiger charge is -2.16. The SMILES string of the molecule is COc1cc2c(NS(=O)(=O)c3c(OC)cc(-c4nccc(CN(C)C)n4)cc3OC)noc2cc1Nc1cc(C2CC2)[nH]n1. The third kappa shape index (κ3) is 5.83. The zero-order valence-corrected chi connectivity index (χ0v) is 25.7. The Labute approximate surface area is 253 Å². The zero-order valence-electron chi connectivity index (χ0n) is 24.8. The van der Waals surface area contributed by atoms with Crippen LogP contribution in [-0.4, -0.2) is 74.1 Å². The minimum absolute atomic E-state index is 0.0338. The van der Waals surface area contributed by atoms with Gasteiger partial charge in [-0.25, -0.2) is 18.4 Å². The highest BCUT2D eigenvalue weighted by Crippen LogP contribution is 2.42. The quantitative estimate of drug-likeness (QED) is 0.179. The van der Waals surface area contributed by atoms with E-state index in [0.717, 1.165) is 24.2 Å². The number of sulfonamides is 1. The number of H-pyrrole nitrogens is 1. The van der Waals surface area contributed by atoms with Gasteiger partial charge in [-0.1, -0.05) is 5.16 Å². The van der Waals surface area contributed by atoms with Gasteiger partial charge in [0.15, 0.2) is 27.9 Å². The minimum atomic E-state index is -4.30. The standard InChI is InChI=1S/C29H32N8O6S/c1-37(2)15-18-8-9-30-28(31-18)17-10-24(41-4)27(25(11-17)42-5)44(38,39)36-29-19-12-23(40-3)21(13-22(19)43-35-29)32-26-14-20(33-34-26)16-6-7-16/h8-14,16H,6-7,15H2,1-5H3,(H,35,36)(H2,32,33,34). The van der Waals surface area contributed by atoms with Gasteiger partial charge in [0.2, 0.25) is 0 Å². The van der Waals surface area contributed by atoms with E-state index in [1.807, 2.05) is 31.1 Å². The first kappa shape index (κ1) is 29.2. The largest absolute Gasteiger partial charge is 0.495 e. The van der Waals surface area contributed by atoms with E-state index in [2.05, 4.69) is 35.4 Å². The van der Waals surface area contributed by atoms with Crippen molar-refractivity contribution >= 4 is 38.3 Å². The molecule has 2 aromatic carbocycles. The number of rotatable bonds is 12. The molecule has 1 aliphatic rings. The molecule has 1 saturated carbocycles. The molecule has 0 spiro atoms. The molecule has 0 amide bonds. The van der Waals surface area contributed by atoms with E-state index in [-0.39, 0.29) is 22.2 Å². The van der Waals surface area contributed by atoms with Crippen LogP contribution < -0.4 is 24.2 Å². The highest BCUT2D eigenvalue weighted by Gasteiger charge is 2.29. The molecule has 0 atom stereocenters. The van der Waals surface area contributed by atoms with E-state index in [1.54, 1.807) is 30.5 Å². The van der Waals surface area contributed by atoms with E-state index in [1.165, 1.54) is 21.3 Å². The van der Waals surface area contributed by atoms with Crippen molar-refractivity contribution in [3.63, 3.8) is 0 Å². The Morgan fingerprint density at radius 3 is 2.41 bits per heavy atom. The van der Waals surface area contributed by atoms with E-state index in [0.29, 0.717) is 52.1 Å². The second kappa shape index (κ2) is 11.7. The average Bonchev–Trinajstić information content (AvgIpc) is 3.64. The Balaban J connectivity index is 1.32. The monoisotopic (exact) mass is 620 g/mol. The lowest BCUT2D eigenvalue weighted by molar-refractivity contribution is 0.374. The van der Waals surface area contributed by atoms with Crippen molar-refractivity contribution < 1.29 is 27.2 Å². The van der Waals surface area contributed by atoms with Crippen molar-refractivity contribution in [2.45, 2.75) is 30.2 Å². The van der Waals surface area contributed by atoms with Crippen molar-refractivity contribution in [2.75, 3.05) is 45.5 Å². The first-order valence-electron chi connectivity index (χ1n) is 13.7. The number of ether oxygens (including phenoxy) is 3. The number of hydrogen-bond acceptors (Lipinski definition) is 12. The van der Waals surface area contributed by atoms with Crippen LogP contribution in [0.2, 0.25) is 0 Å². The normalized spacial score (nSPS) is 13.3. The lowest BCUT2D eigenvalue weighted by Crippen LogP contribution is -2.16. The van der Waals surface area contributed by atoms with Crippen molar-refractivity contribution in [1.29, 1.82) is 0 Å². The molecule has 5 aromatic rings. The molecule has 3 aromatic heterocycles. The average molecular weight is 621 g/mol. The summed E-state index contributed by atoms with van der Waals surface area (Å²) in [6.45, 7) is 0.610. The second-order valence-corrected chi connectivity index (χ2v) is 12.2. The first-order valence-corrected chi connectivity index (χ1v) is 15.2. The Morgan fingerprint density at radius 1 is 1.02 bits per heavy atom. The van der Waals surface area contributed by atoms with Crippen LogP contribution in [0.1, 0.15) is 30.1 Å². The van der Waals surface area contributed by atoms with Gasteiger partial charge in [-0.2, -0.15) is 5.10 Å². The summed E-state index contributed by atoms with van der Waals surface area (Å²) in [4.78, 5) is 10.7. The van der Waals surface area contributed by atoms with Crippen LogP contribution in [0.25, 0.3) is 22.4 Å². The van der Waals surface area contributed by atoms with Crippen LogP contribution in [0, 0.1) is 0 Å². The Hall–Kier alpha value is -4.89. The maximum atomic E-state index is 13.8. The van der Waals surface area contributed by atoms with Gasteiger partial charge >= 0.3 is 0 Å². The summed E-state index contributed by atoms with van der Waals surface area (Å²) in [6, 6.07) is 10.2. The highest BCUT2D eigenvalue weighted by atomic mass is 32.2. The van der Waals surface area contributed by atoms with E-state index in [9.17, 15) is 8.42 Å². The van der Waals surface area contributed by atoms with Crippen LogP contribution in [0.15, 0.2) is 52.0 Å². The summed E-state index contributed by atoms with van der Waals surface area (Å²) >= 11 is 0. The third-order valence-corrected chi connectivity index (χ3v) is 8.48. The molecule has 1 aliphatic carbocycles. The molecule has 3 N–H and O–H groups in total. The fraction of sp³-hybridized carbons (Fsp3) is 0.310. The molecule has 1 fully saturated rings. The smallest absolute Gasteiger partial charge is 0.270 e. The van der Waals surface area contributed by atoms with Crippen LogP contribution >= 0.6 is 0 Å². The van der Waals surface area contributed by atoms with Gasteiger partial charge in [-0.3, -0.25) is 9.82 Å². The molecule has 15 heteroatoms. The van der Waals surface area contributed by atoms with Crippen LogP contribution in [-0.2, 0) is 16.6 Å². The Morgan fingerprint density at radius 2 is 1.75 bits per heavy atom. The Bertz CT molecular complexity index is 1910. The molecule has 14 nitrogen and oxygen atoms in total. The zero-order chi connectivity index (χ0) is 31.0. The lowest BCUT2D eigenvalue weighted by atomic mass is 10.1. The van der Waals surface area contributed by atoms with Gasteiger partial charge < -0.3 is 29.0 Å². The summed E-state index contributed by atoms with van der Waals surface area (Å²) in [5.41, 5.74) is 3.31. The predicted octanol–water partition coefficient (Wildman–Crippen LogP) is 4.52. The van der Waals surface area contributed by atoms with E-state index < -0.39 is 10.0 Å². The Kier molecular flexibility index (Phi) is 7.73. The summed E-state index contributed by atoms with van der Waals surface area (Å²) < 4.78 is 52.3. The number of aromatic amines is 1. The van der Waals surface area contributed by atoms with Crippen molar-refractivity contribution in [1.82, 2.24) is 30.2 Å². The number of nitrogens with zero attached hydrogens (tertiary/aromatic N) is 5. The number of methoxy groups -OCH3 is 3. The number of aromatic nitrogens is 5. The van der Waals surface area contributed by atoms with Crippen LogP contribution in [0.3, 0.4) is 0 Å². The summed E-state index contributed by atoms with van der Waals surface area (Å²) in [5.74, 6) is 2.03. The number of benzene rings is 2. The number of nitrogens with one attached hydrogen (secondary N) is 3. The molecule has 0 aliphatic heterocycles. The van der Waals surface area contributed by atoms with Gasteiger partial charge in [0.25, 0.3) is 10.0 Å². The van der Waals surface area contributed by atoms with Crippen LogP contribution in [0.4, 0.5) is 17.3 Å². The van der Waals surface area contributed by atoms with Gasteiger partial charge in [-0.05, 0) is 51.2 Å². The van der Waals surface area contributed by atoms with Crippen molar-refractivity contribution in [3.05, 3.63) is 54.0 Å². The topological polar surface area (TPSA) is 170 Å². The fourth-order valence-electron chi connectivity index (χ4n) is 4.85. The van der Waals surface area contributed by atoms with Crippen molar-refractivity contribution in [3.8, 4) is 28.6 Å². The second-order valence-electron chi connectivity index (χ2n) is 10.6. The van der Waals surface area contributed by atoms with Crippen molar-refractivity contribution in [2.24, 2.45) is 0 Å². The highest BCUT2D eigenvalue weighted by molar-refractivity contribution is 7.93. The molecule has 3 heterocycles. The molecule has 0 bridgehead atoms. The third-order valence-electron chi connectivity index (χ3n) is 7.08. The molecule has 6 rings (SSSR count). The van der Waals surface area contributed by atoms with E-state index in [4.69, 9.17) is 18.7 Å². The maximum Gasteiger partial charge on any atom is 0.270 e. The molecular formula is C29H32N8O6S. The maximum absolute atomic E-state index is 13.8. The number of anilines is 3. The molecule has 0 unspecified atom stereocenters. The summed E-state index contributed by atoms with van der Waals surface area (Å²) in [5, 5.41) is 15.0. The van der Waals surface area contributed by atoms with E-state index >= 15 is 0 Å². The molecule has 0 saturated heterocycles. The number of hydrogen-bond donors (Lipinski definition) is 3. The number of fused-ring (bicyclic) bond motifs is 1. The van der Waals surface area contributed by atoms with Crippen LogP contribution in [0.5, 0.6) is 17.2 Å². The minimum Gasteiger partial charge on any atom is -0.495 e. The summed E-state index contributed by atoms with van der Waals surface area (Å²) in [6.07, 6.45) is 3.95. The first-order chi connectivity index (χ1) is 21.2. The molecule has 44 heavy (non-hydrogen) atoms. The van der Waals surface area contributed by atoms with Gasteiger partial charge in [0.05, 0.1) is 38.1 Å². The van der Waals surface area contributed by atoms with Gasteiger partial charge in [-0.15, -0.1) is 0 Å². The van der Waals surface area contributed by atoms with Gasteiger partial charge in [0, 0.05) is 42.0 Å². The molecular weight excluding hydrogens is 588 g/mol. The molecule has 230 valence electrons. The summed E-state index contributed by atoms with van der Waals surface area (Å²) in [7, 11) is 3.84. The fourth-order valence-corrected chi connectivity index (χ4v) is 6.16.